The van der Waals surface area contributed by atoms with Crippen LogP contribution in [0, 0.1) is 11.8 Å². The van der Waals surface area contributed by atoms with Crippen LogP contribution in [0.4, 0.5) is 0 Å². The topological polar surface area (TPSA) is 24.5 Å². The fourth-order valence-corrected chi connectivity index (χ4v) is 2.85. The maximum atomic E-state index is 5.49. The number of morpholine rings is 1. The van der Waals surface area contributed by atoms with Crippen LogP contribution in [0.15, 0.2) is 0 Å². The van der Waals surface area contributed by atoms with Crippen molar-refractivity contribution >= 4 is 0 Å². The van der Waals surface area contributed by atoms with Crippen molar-refractivity contribution in [2.45, 2.75) is 32.7 Å². The van der Waals surface area contributed by atoms with Crippen LogP contribution in [0.3, 0.4) is 0 Å². The normalized spacial score (nSPS) is 29.8. The molecule has 2 heterocycles. The quantitative estimate of drug-likeness (QED) is 0.786. The molecule has 2 rings (SSSR count). The first-order valence-electron chi connectivity index (χ1n) is 6.79. The molecule has 2 aliphatic heterocycles. The maximum absolute atomic E-state index is 5.49. The van der Waals surface area contributed by atoms with Crippen LogP contribution in [0.2, 0.25) is 0 Å². The molecule has 0 bridgehead atoms. The van der Waals surface area contributed by atoms with E-state index in [-0.39, 0.29) is 0 Å². The van der Waals surface area contributed by atoms with Gasteiger partial charge in [0.15, 0.2) is 0 Å². The average molecular weight is 226 g/mol. The molecule has 3 nitrogen and oxygen atoms in total. The van der Waals surface area contributed by atoms with Gasteiger partial charge in [0.1, 0.15) is 0 Å². The monoisotopic (exact) mass is 226 g/mol. The molecule has 0 aliphatic carbocycles. The highest BCUT2D eigenvalue weighted by atomic mass is 16.5. The molecule has 1 N–H and O–H groups in total. The Kier molecular flexibility index (Phi) is 4.62. The third kappa shape index (κ3) is 3.44. The highest BCUT2D eigenvalue weighted by Crippen LogP contribution is 2.24. The smallest absolute Gasteiger partial charge is 0.0632 e. The zero-order valence-electron chi connectivity index (χ0n) is 10.7. The van der Waals surface area contributed by atoms with Crippen LogP contribution in [0.5, 0.6) is 0 Å². The van der Waals surface area contributed by atoms with Gasteiger partial charge in [-0.3, -0.25) is 0 Å². The van der Waals surface area contributed by atoms with E-state index in [1.54, 1.807) is 0 Å². The average Bonchev–Trinajstić information content (AvgIpc) is 2.31. The van der Waals surface area contributed by atoms with E-state index in [0.29, 0.717) is 6.04 Å². The second-order valence-corrected chi connectivity index (χ2v) is 5.61. The van der Waals surface area contributed by atoms with Crippen molar-refractivity contribution < 1.29 is 4.74 Å². The molecule has 0 aromatic rings. The summed E-state index contributed by atoms with van der Waals surface area (Å²) >= 11 is 0. The largest absolute Gasteiger partial charge is 0.378 e. The van der Waals surface area contributed by atoms with Gasteiger partial charge in [-0.2, -0.15) is 0 Å². The Morgan fingerprint density at radius 3 is 2.62 bits per heavy atom. The first kappa shape index (κ1) is 12.3. The van der Waals surface area contributed by atoms with Crippen molar-refractivity contribution in [1.82, 2.24) is 10.2 Å². The minimum Gasteiger partial charge on any atom is -0.378 e. The molecular weight excluding hydrogens is 200 g/mol. The van der Waals surface area contributed by atoms with Crippen molar-refractivity contribution in [3.8, 4) is 0 Å². The summed E-state index contributed by atoms with van der Waals surface area (Å²) in [6.07, 6.45) is 2.76. The summed E-state index contributed by atoms with van der Waals surface area (Å²) < 4.78 is 5.49. The number of rotatable bonds is 3. The van der Waals surface area contributed by atoms with E-state index in [9.17, 15) is 0 Å². The fourth-order valence-electron chi connectivity index (χ4n) is 2.85. The highest BCUT2D eigenvalue weighted by molar-refractivity contribution is 4.79. The number of nitrogens with zero attached hydrogens (tertiary/aromatic N) is 1. The molecule has 2 saturated heterocycles. The van der Waals surface area contributed by atoms with Gasteiger partial charge < -0.3 is 15.0 Å². The predicted octanol–water partition coefficient (Wildman–Crippen LogP) is 1.34. The molecule has 2 aliphatic rings. The van der Waals surface area contributed by atoms with Gasteiger partial charge in [-0.05, 0) is 37.8 Å². The van der Waals surface area contributed by atoms with E-state index in [2.05, 4.69) is 24.1 Å². The van der Waals surface area contributed by atoms with Crippen LogP contribution >= 0.6 is 0 Å². The van der Waals surface area contributed by atoms with Crippen molar-refractivity contribution in [3.63, 3.8) is 0 Å². The molecule has 1 atom stereocenters. The minimum absolute atomic E-state index is 0.560. The molecule has 16 heavy (non-hydrogen) atoms. The second kappa shape index (κ2) is 5.99. The summed E-state index contributed by atoms with van der Waals surface area (Å²) in [5.41, 5.74) is 0. The molecule has 3 heteroatoms. The molecular formula is C13H26N2O. The molecule has 0 aromatic carbocycles. The van der Waals surface area contributed by atoms with Gasteiger partial charge in [0, 0.05) is 19.1 Å². The first-order chi connectivity index (χ1) is 7.75. The lowest BCUT2D eigenvalue weighted by Crippen LogP contribution is -2.50. The van der Waals surface area contributed by atoms with Crippen LogP contribution < -0.4 is 5.32 Å². The lowest BCUT2D eigenvalue weighted by molar-refractivity contribution is 0.0533. The Labute approximate surface area is 99.5 Å². The van der Waals surface area contributed by atoms with Gasteiger partial charge >= 0.3 is 0 Å². The number of ether oxygens (including phenoxy) is 1. The van der Waals surface area contributed by atoms with Gasteiger partial charge in [0.2, 0.25) is 0 Å². The van der Waals surface area contributed by atoms with Crippen LogP contribution in [0.1, 0.15) is 26.7 Å². The zero-order chi connectivity index (χ0) is 11.4. The SMILES string of the molecule is CC(C)C1CCN(CC2COCCN2)CC1. The molecule has 0 aromatic heterocycles. The Hall–Kier alpha value is -0.120. The summed E-state index contributed by atoms with van der Waals surface area (Å²) in [6.45, 7) is 11.2. The van der Waals surface area contributed by atoms with Gasteiger partial charge in [-0.15, -0.1) is 0 Å². The van der Waals surface area contributed by atoms with E-state index in [4.69, 9.17) is 4.74 Å². The number of nitrogens with one attached hydrogen (secondary N) is 1. The zero-order valence-corrected chi connectivity index (χ0v) is 10.7. The molecule has 0 spiro atoms. The molecule has 94 valence electrons. The lowest BCUT2D eigenvalue weighted by atomic mass is 9.86. The standard InChI is InChI=1S/C13H26N2O/c1-11(2)12-3-6-15(7-4-12)9-13-10-16-8-5-14-13/h11-14H,3-10H2,1-2H3. The van der Waals surface area contributed by atoms with Crippen molar-refractivity contribution in [3.05, 3.63) is 0 Å². The van der Waals surface area contributed by atoms with E-state index in [1.165, 1.54) is 32.5 Å². The van der Waals surface area contributed by atoms with Gasteiger partial charge in [-0.1, -0.05) is 13.8 Å². The third-order valence-corrected chi connectivity index (χ3v) is 4.05. The maximum Gasteiger partial charge on any atom is 0.0632 e. The van der Waals surface area contributed by atoms with Crippen LogP contribution in [-0.4, -0.2) is 50.3 Å². The summed E-state index contributed by atoms with van der Waals surface area (Å²) in [6, 6.07) is 0.560. The Bertz CT molecular complexity index is 194. The van der Waals surface area contributed by atoms with Crippen molar-refractivity contribution in [2.24, 2.45) is 11.8 Å². The summed E-state index contributed by atoms with van der Waals surface area (Å²) in [5, 5.41) is 3.53. The van der Waals surface area contributed by atoms with E-state index in [1.807, 2.05) is 0 Å². The van der Waals surface area contributed by atoms with Gasteiger partial charge in [0.05, 0.1) is 13.2 Å². The fraction of sp³-hybridized carbons (Fsp3) is 1.00. The molecule has 0 radical (unpaired) electrons. The van der Waals surface area contributed by atoms with E-state index < -0.39 is 0 Å². The molecule has 1 unspecified atom stereocenters. The minimum atomic E-state index is 0.560. The summed E-state index contributed by atoms with van der Waals surface area (Å²) in [5.74, 6) is 1.81. The van der Waals surface area contributed by atoms with Gasteiger partial charge in [-0.25, -0.2) is 0 Å². The Balaban J connectivity index is 1.68. The predicted molar refractivity (Wildman–Crippen MR) is 66.6 cm³/mol. The number of piperidine rings is 1. The van der Waals surface area contributed by atoms with Crippen LogP contribution in [-0.2, 0) is 4.74 Å². The first-order valence-corrected chi connectivity index (χ1v) is 6.79. The van der Waals surface area contributed by atoms with E-state index >= 15 is 0 Å². The van der Waals surface area contributed by atoms with E-state index in [0.717, 1.165) is 31.6 Å². The van der Waals surface area contributed by atoms with Crippen molar-refractivity contribution in [2.75, 3.05) is 39.4 Å². The Morgan fingerprint density at radius 1 is 1.31 bits per heavy atom. The molecule has 0 saturated carbocycles. The summed E-state index contributed by atoms with van der Waals surface area (Å²) in [4.78, 5) is 2.60. The highest BCUT2D eigenvalue weighted by Gasteiger charge is 2.24. The number of hydrogen-bond acceptors (Lipinski definition) is 3. The summed E-state index contributed by atoms with van der Waals surface area (Å²) in [7, 11) is 0. The molecule has 2 fully saturated rings. The van der Waals surface area contributed by atoms with Crippen molar-refractivity contribution in [1.29, 1.82) is 0 Å². The van der Waals surface area contributed by atoms with Gasteiger partial charge in [0.25, 0.3) is 0 Å². The Morgan fingerprint density at radius 2 is 2.06 bits per heavy atom. The number of likely N-dealkylation sites (tertiary alicyclic amines) is 1. The number of hydrogen-bond donors (Lipinski definition) is 1. The van der Waals surface area contributed by atoms with Crippen LogP contribution in [0.25, 0.3) is 0 Å². The molecule has 0 amide bonds. The second-order valence-electron chi connectivity index (χ2n) is 5.61. The lowest BCUT2D eigenvalue weighted by Gasteiger charge is -2.36. The third-order valence-electron chi connectivity index (χ3n) is 4.05.